The van der Waals surface area contributed by atoms with Gasteiger partial charge in [-0.3, -0.25) is 0 Å². The number of rotatable bonds is 4. The topological polar surface area (TPSA) is 67.4 Å². The SMILES string of the molecule is CNc1cn2ccnc2c(NC(C)c2cc(C)oc2C)n1. The number of fused-ring (bicyclic) bond motifs is 1. The summed E-state index contributed by atoms with van der Waals surface area (Å²) in [5.74, 6) is 3.38. The first kappa shape index (κ1) is 13.5. The number of hydrogen-bond acceptors (Lipinski definition) is 5. The van der Waals surface area contributed by atoms with E-state index in [1.54, 1.807) is 6.20 Å². The summed E-state index contributed by atoms with van der Waals surface area (Å²) in [6, 6.07) is 2.14. The normalized spacial score (nSPS) is 12.6. The van der Waals surface area contributed by atoms with Gasteiger partial charge in [0.15, 0.2) is 11.5 Å². The standard InChI is InChI=1S/C15H19N5O/c1-9-7-12(11(3)21-9)10(2)18-14-15-17-5-6-20(15)8-13(16-4)19-14/h5-8,10,16H,1-4H3,(H,18,19). The van der Waals surface area contributed by atoms with Gasteiger partial charge in [0, 0.05) is 25.0 Å². The van der Waals surface area contributed by atoms with Crippen LogP contribution < -0.4 is 10.6 Å². The van der Waals surface area contributed by atoms with Crippen LogP contribution in [0.3, 0.4) is 0 Å². The van der Waals surface area contributed by atoms with E-state index in [4.69, 9.17) is 4.42 Å². The average Bonchev–Trinajstić information content (AvgIpc) is 3.04. The first-order valence-electron chi connectivity index (χ1n) is 6.93. The molecule has 3 aromatic heterocycles. The fraction of sp³-hybridized carbons (Fsp3) is 0.333. The van der Waals surface area contributed by atoms with E-state index in [0.717, 1.165) is 34.4 Å². The molecule has 2 N–H and O–H groups in total. The van der Waals surface area contributed by atoms with Crippen LogP contribution in [0.2, 0.25) is 0 Å². The van der Waals surface area contributed by atoms with Crippen molar-refractivity contribution < 1.29 is 4.42 Å². The van der Waals surface area contributed by atoms with Crippen LogP contribution in [0.5, 0.6) is 0 Å². The van der Waals surface area contributed by atoms with Gasteiger partial charge in [-0.2, -0.15) is 0 Å². The lowest BCUT2D eigenvalue weighted by atomic mass is 10.1. The Kier molecular flexibility index (Phi) is 3.29. The van der Waals surface area contributed by atoms with Crippen molar-refractivity contribution in [3.8, 4) is 0 Å². The highest BCUT2D eigenvalue weighted by Crippen LogP contribution is 2.26. The van der Waals surface area contributed by atoms with Crippen LogP contribution in [0.25, 0.3) is 5.65 Å². The van der Waals surface area contributed by atoms with Gasteiger partial charge in [0.1, 0.15) is 17.3 Å². The Hall–Kier alpha value is -2.50. The highest BCUT2D eigenvalue weighted by Gasteiger charge is 2.15. The Morgan fingerprint density at radius 1 is 1.33 bits per heavy atom. The summed E-state index contributed by atoms with van der Waals surface area (Å²) in [6.45, 7) is 6.02. The summed E-state index contributed by atoms with van der Waals surface area (Å²) in [4.78, 5) is 8.91. The van der Waals surface area contributed by atoms with Gasteiger partial charge in [-0.15, -0.1) is 0 Å². The third-order valence-corrected chi connectivity index (χ3v) is 3.53. The van der Waals surface area contributed by atoms with Crippen LogP contribution in [0.15, 0.2) is 29.1 Å². The van der Waals surface area contributed by atoms with E-state index in [2.05, 4.69) is 33.6 Å². The van der Waals surface area contributed by atoms with Gasteiger partial charge in [-0.05, 0) is 26.8 Å². The lowest BCUT2D eigenvalue weighted by Crippen LogP contribution is -2.10. The summed E-state index contributed by atoms with van der Waals surface area (Å²) >= 11 is 0. The number of anilines is 2. The second kappa shape index (κ2) is 5.12. The van der Waals surface area contributed by atoms with Crippen LogP contribution in [0.4, 0.5) is 11.6 Å². The van der Waals surface area contributed by atoms with Crippen molar-refractivity contribution >= 4 is 17.3 Å². The van der Waals surface area contributed by atoms with Gasteiger partial charge in [-0.1, -0.05) is 0 Å². The second-order valence-corrected chi connectivity index (χ2v) is 5.12. The Bertz CT molecular complexity index is 774. The van der Waals surface area contributed by atoms with Crippen LogP contribution >= 0.6 is 0 Å². The van der Waals surface area contributed by atoms with Crippen LogP contribution in [0.1, 0.15) is 30.0 Å². The lowest BCUT2D eigenvalue weighted by Gasteiger charge is -2.15. The van der Waals surface area contributed by atoms with Gasteiger partial charge in [0.25, 0.3) is 0 Å². The maximum Gasteiger partial charge on any atom is 0.180 e. The molecule has 6 heteroatoms. The molecule has 0 saturated heterocycles. The summed E-state index contributed by atoms with van der Waals surface area (Å²) in [5, 5.41) is 6.48. The minimum Gasteiger partial charge on any atom is -0.466 e. The Balaban J connectivity index is 1.97. The van der Waals surface area contributed by atoms with Crippen molar-refractivity contribution in [2.45, 2.75) is 26.8 Å². The zero-order chi connectivity index (χ0) is 15.0. The van der Waals surface area contributed by atoms with Crippen molar-refractivity contribution in [1.82, 2.24) is 14.4 Å². The maximum absolute atomic E-state index is 5.60. The molecule has 0 radical (unpaired) electrons. The van der Waals surface area contributed by atoms with E-state index in [0.29, 0.717) is 0 Å². The fourth-order valence-electron chi connectivity index (χ4n) is 2.51. The number of furan rings is 1. The van der Waals surface area contributed by atoms with E-state index < -0.39 is 0 Å². The van der Waals surface area contributed by atoms with Gasteiger partial charge < -0.3 is 19.5 Å². The third kappa shape index (κ3) is 2.44. The minimum atomic E-state index is 0.0857. The second-order valence-electron chi connectivity index (χ2n) is 5.12. The molecular weight excluding hydrogens is 266 g/mol. The van der Waals surface area contributed by atoms with E-state index in [1.165, 1.54) is 0 Å². The van der Waals surface area contributed by atoms with Crippen molar-refractivity contribution in [3.05, 3.63) is 41.7 Å². The molecule has 6 nitrogen and oxygen atoms in total. The van der Waals surface area contributed by atoms with Gasteiger partial charge >= 0.3 is 0 Å². The fourth-order valence-corrected chi connectivity index (χ4v) is 2.51. The zero-order valence-electron chi connectivity index (χ0n) is 12.6. The molecule has 0 fully saturated rings. The first-order chi connectivity index (χ1) is 10.1. The predicted molar refractivity (Wildman–Crippen MR) is 82.8 cm³/mol. The highest BCUT2D eigenvalue weighted by atomic mass is 16.3. The van der Waals surface area contributed by atoms with Crippen molar-refractivity contribution in [2.24, 2.45) is 0 Å². The minimum absolute atomic E-state index is 0.0857. The zero-order valence-corrected chi connectivity index (χ0v) is 12.6. The molecule has 0 aliphatic rings. The number of nitrogens with one attached hydrogen (secondary N) is 2. The van der Waals surface area contributed by atoms with Gasteiger partial charge in [0.05, 0.1) is 12.2 Å². The molecule has 0 spiro atoms. The Morgan fingerprint density at radius 3 is 2.81 bits per heavy atom. The van der Waals surface area contributed by atoms with Crippen molar-refractivity contribution in [3.63, 3.8) is 0 Å². The van der Waals surface area contributed by atoms with E-state index in [-0.39, 0.29) is 6.04 Å². The van der Waals surface area contributed by atoms with E-state index in [9.17, 15) is 0 Å². The molecular formula is C15H19N5O. The Labute approximate surface area is 123 Å². The molecule has 3 heterocycles. The van der Waals surface area contributed by atoms with Crippen molar-refractivity contribution in [1.29, 1.82) is 0 Å². The molecule has 3 rings (SSSR count). The smallest absolute Gasteiger partial charge is 0.180 e. The molecule has 3 aromatic rings. The predicted octanol–water partition coefficient (Wildman–Crippen LogP) is 3.15. The number of nitrogens with zero attached hydrogens (tertiary/aromatic N) is 3. The summed E-state index contributed by atoms with van der Waals surface area (Å²) in [7, 11) is 1.85. The Morgan fingerprint density at radius 2 is 2.14 bits per heavy atom. The lowest BCUT2D eigenvalue weighted by molar-refractivity contribution is 0.500. The highest BCUT2D eigenvalue weighted by molar-refractivity contribution is 5.66. The van der Waals surface area contributed by atoms with E-state index >= 15 is 0 Å². The number of aryl methyl sites for hydroxylation is 2. The number of hydrogen-bond donors (Lipinski definition) is 2. The van der Waals surface area contributed by atoms with Crippen LogP contribution in [-0.4, -0.2) is 21.4 Å². The quantitative estimate of drug-likeness (QED) is 0.770. The molecule has 0 aromatic carbocycles. The number of aromatic nitrogens is 3. The third-order valence-electron chi connectivity index (χ3n) is 3.53. The molecule has 1 unspecified atom stereocenters. The number of imidazole rings is 1. The molecule has 110 valence electrons. The molecule has 0 bridgehead atoms. The van der Waals surface area contributed by atoms with Gasteiger partial charge in [-0.25, -0.2) is 9.97 Å². The molecule has 1 atom stereocenters. The molecule has 0 aliphatic carbocycles. The van der Waals surface area contributed by atoms with Crippen LogP contribution in [0, 0.1) is 13.8 Å². The van der Waals surface area contributed by atoms with E-state index in [1.807, 2.05) is 37.7 Å². The van der Waals surface area contributed by atoms with Crippen molar-refractivity contribution in [2.75, 3.05) is 17.7 Å². The first-order valence-corrected chi connectivity index (χ1v) is 6.93. The van der Waals surface area contributed by atoms with Crippen LogP contribution in [-0.2, 0) is 0 Å². The average molecular weight is 285 g/mol. The summed E-state index contributed by atoms with van der Waals surface area (Å²) in [6.07, 6.45) is 5.58. The molecule has 0 aliphatic heterocycles. The van der Waals surface area contributed by atoms with Gasteiger partial charge in [0.2, 0.25) is 0 Å². The molecule has 0 amide bonds. The monoisotopic (exact) mass is 285 g/mol. The largest absolute Gasteiger partial charge is 0.466 e. The summed E-state index contributed by atoms with van der Waals surface area (Å²) in [5.41, 5.74) is 1.94. The molecule has 0 saturated carbocycles. The maximum atomic E-state index is 5.60. The summed E-state index contributed by atoms with van der Waals surface area (Å²) < 4.78 is 7.54. The molecule has 21 heavy (non-hydrogen) atoms.